The number of rotatable bonds is 6. The Balaban J connectivity index is 2.04. The zero-order valence-electron chi connectivity index (χ0n) is 13.7. The first kappa shape index (κ1) is 15.3. The molecule has 0 N–H and O–H groups in total. The van der Waals surface area contributed by atoms with E-state index < -0.39 is 0 Å². The Morgan fingerprint density at radius 2 is 1.83 bits per heavy atom. The number of allylic oxidation sites excluding steroid dienone is 1. The fourth-order valence-corrected chi connectivity index (χ4v) is 2.62. The van der Waals surface area contributed by atoms with E-state index in [4.69, 9.17) is 0 Å². The fraction of sp³-hybridized carbons (Fsp3) is 0.263. The number of nitrogens with zero attached hydrogens (tertiary/aromatic N) is 4. The SMILES string of the molecule is CCCCC=C(N(C)c1ccccc1)n1nnc2ccccc21. The largest absolute Gasteiger partial charge is 0.330 e. The Bertz CT molecular complexity index is 789. The van der Waals surface area contributed by atoms with Gasteiger partial charge in [0, 0.05) is 12.7 Å². The molecule has 4 nitrogen and oxygen atoms in total. The van der Waals surface area contributed by atoms with Gasteiger partial charge in [0.2, 0.25) is 0 Å². The maximum atomic E-state index is 4.38. The lowest BCUT2D eigenvalue weighted by Gasteiger charge is -2.23. The van der Waals surface area contributed by atoms with Gasteiger partial charge in [0.1, 0.15) is 11.3 Å². The Hall–Kier alpha value is -2.62. The van der Waals surface area contributed by atoms with Crippen molar-refractivity contribution < 1.29 is 0 Å². The highest BCUT2D eigenvalue weighted by atomic mass is 15.5. The molecule has 0 aliphatic rings. The standard InChI is InChI=1S/C19H22N4/c1-3-4-6-15-19(22(2)16-11-7-5-8-12-16)23-18-14-10-9-13-17(18)20-21-23/h5,7-15H,3-4,6H2,1-2H3. The van der Waals surface area contributed by atoms with E-state index in [1.807, 2.05) is 28.9 Å². The minimum atomic E-state index is 0.912. The predicted octanol–water partition coefficient (Wildman–Crippen LogP) is 4.56. The summed E-state index contributed by atoms with van der Waals surface area (Å²) in [6.45, 7) is 2.21. The van der Waals surface area contributed by atoms with E-state index in [2.05, 4.69) is 65.6 Å². The molecule has 0 atom stereocenters. The number of hydrogen-bond acceptors (Lipinski definition) is 3. The van der Waals surface area contributed by atoms with Crippen LogP contribution >= 0.6 is 0 Å². The van der Waals surface area contributed by atoms with Crippen LogP contribution in [0.25, 0.3) is 16.9 Å². The van der Waals surface area contributed by atoms with Crippen molar-refractivity contribution in [2.24, 2.45) is 0 Å². The van der Waals surface area contributed by atoms with E-state index in [-0.39, 0.29) is 0 Å². The molecule has 4 heteroatoms. The summed E-state index contributed by atoms with van der Waals surface area (Å²) < 4.78 is 1.93. The van der Waals surface area contributed by atoms with Crippen LogP contribution in [0.4, 0.5) is 5.69 Å². The zero-order chi connectivity index (χ0) is 16.1. The molecule has 23 heavy (non-hydrogen) atoms. The summed E-state index contributed by atoms with van der Waals surface area (Å²) in [5, 5.41) is 8.67. The van der Waals surface area contributed by atoms with Crippen molar-refractivity contribution in [3.63, 3.8) is 0 Å². The van der Waals surface area contributed by atoms with Crippen molar-refractivity contribution in [2.75, 3.05) is 11.9 Å². The van der Waals surface area contributed by atoms with E-state index in [0.29, 0.717) is 0 Å². The van der Waals surface area contributed by atoms with Gasteiger partial charge >= 0.3 is 0 Å². The molecule has 3 aromatic rings. The molecule has 0 aliphatic carbocycles. The van der Waals surface area contributed by atoms with Crippen LogP contribution in [0.5, 0.6) is 0 Å². The van der Waals surface area contributed by atoms with Crippen molar-refractivity contribution >= 4 is 22.5 Å². The van der Waals surface area contributed by atoms with Crippen LogP contribution in [0.3, 0.4) is 0 Å². The van der Waals surface area contributed by atoms with Crippen molar-refractivity contribution in [1.29, 1.82) is 0 Å². The average molecular weight is 306 g/mol. The number of benzene rings is 2. The third-order valence-electron chi connectivity index (χ3n) is 3.94. The first-order valence-electron chi connectivity index (χ1n) is 8.11. The quantitative estimate of drug-likeness (QED) is 0.626. The van der Waals surface area contributed by atoms with Crippen LogP contribution in [-0.4, -0.2) is 22.0 Å². The first-order chi connectivity index (χ1) is 11.3. The molecular formula is C19H22N4. The number of para-hydroxylation sites is 2. The van der Waals surface area contributed by atoms with Gasteiger partial charge in [0.15, 0.2) is 0 Å². The van der Waals surface area contributed by atoms with Gasteiger partial charge in [-0.15, -0.1) is 5.10 Å². The van der Waals surface area contributed by atoms with Crippen LogP contribution in [0, 0.1) is 0 Å². The molecular weight excluding hydrogens is 284 g/mol. The molecule has 3 rings (SSSR count). The fourth-order valence-electron chi connectivity index (χ4n) is 2.62. The minimum Gasteiger partial charge on any atom is -0.330 e. The van der Waals surface area contributed by atoms with E-state index in [1.165, 1.54) is 12.8 Å². The molecule has 2 aromatic carbocycles. The zero-order valence-corrected chi connectivity index (χ0v) is 13.7. The second-order valence-corrected chi connectivity index (χ2v) is 5.59. The second-order valence-electron chi connectivity index (χ2n) is 5.59. The molecule has 0 saturated carbocycles. The third kappa shape index (κ3) is 3.26. The molecule has 0 unspecified atom stereocenters. The van der Waals surface area contributed by atoms with Gasteiger partial charge in [-0.25, -0.2) is 0 Å². The lowest BCUT2D eigenvalue weighted by atomic mass is 10.2. The molecule has 0 radical (unpaired) electrons. The van der Waals surface area contributed by atoms with Crippen LogP contribution in [0.1, 0.15) is 26.2 Å². The topological polar surface area (TPSA) is 34.0 Å². The van der Waals surface area contributed by atoms with Gasteiger partial charge in [-0.05, 0) is 43.2 Å². The summed E-state index contributed by atoms with van der Waals surface area (Å²) in [6, 6.07) is 18.4. The Morgan fingerprint density at radius 3 is 2.61 bits per heavy atom. The highest BCUT2D eigenvalue weighted by Crippen LogP contribution is 2.23. The molecule has 0 saturated heterocycles. The monoisotopic (exact) mass is 306 g/mol. The Kier molecular flexibility index (Phi) is 4.71. The van der Waals surface area contributed by atoms with E-state index in [9.17, 15) is 0 Å². The third-order valence-corrected chi connectivity index (χ3v) is 3.94. The lowest BCUT2D eigenvalue weighted by molar-refractivity contribution is 0.786. The van der Waals surface area contributed by atoms with Crippen LogP contribution in [0.15, 0.2) is 60.7 Å². The van der Waals surface area contributed by atoms with E-state index in [0.717, 1.165) is 29.0 Å². The maximum absolute atomic E-state index is 4.38. The highest BCUT2D eigenvalue weighted by molar-refractivity contribution is 5.80. The number of unbranched alkanes of at least 4 members (excludes halogenated alkanes) is 2. The van der Waals surface area contributed by atoms with Crippen LogP contribution < -0.4 is 4.90 Å². The molecule has 0 fully saturated rings. The van der Waals surface area contributed by atoms with Gasteiger partial charge in [0.25, 0.3) is 0 Å². The molecule has 0 spiro atoms. The predicted molar refractivity (Wildman–Crippen MR) is 96.2 cm³/mol. The van der Waals surface area contributed by atoms with Gasteiger partial charge in [-0.2, -0.15) is 4.68 Å². The molecule has 0 bridgehead atoms. The summed E-state index contributed by atoms with van der Waals surface area (Å²) in [4.78, 5) is 2.16. The van der Waals surface area contributed by atoms with Gasteiger partial charge in [0.05, 0.1) is 5.52 Å². The summed E-state index contributed by atoms with van der Waals surface area (Å²) in [5.41, 5.74) is 3.07. The average Bonchev–Trinajstić information content (AvgIpc) is 3.03. The number of fused-ring (bicyclic) bond motifs is 1. The molecule has 1 aromatic heterocycles. The number of anilines is 1. The van der Waals surface area contributed by atoms with Crippen molar-refractivity contribution in [3.8, 4) is 0 Å². The molecule has 0 aliphatic heterocycles. The summed E-state index contributed by atoms with van der Waals surface area (Å²) in [5.74, 6) is 1.04. The maximum Gasteiger partial charge on any atom is 0.132 e. The second kappa shape index (κ2) is 7.09. The summed E-state index contributed by atoms with van der Waals surface area (Å²) in [6.07, 6.45) is 5.62. The van der Waals surface area contributed by atoms with Gasteiger partial charge in [-0.1, -0.05) is 48.9 Å². The Morgan fingerprint density at radius 1 is 1.09 bits per heavy atom. The lowest BCUT2D eigenvalue weighted by Crippen LogP contribution is -2.21. The first-order valence-corrected chi connectivity index (χ1v) is 8.11. The van der Waals surface area contributed by atoms with Crippen molar-refractivity contribution in [2.45, 2.75) is 26.2 Å². The molecule has 1 heterocycles. The minimum absolute atomic E-state index is 0.912. The van der Waals surface area contributed by atoms with E-state index in [1.54, 1.807) is 0 Å². The normalized spacial score (nSPS) is 11.8. The van der Waals surface area contributed by atoms with E-state index >= 15 is 0 Å². The smallest absolute Gasteiger partial charge is 0.132 e. The number of hydrogen-bond donors (Lipinski definition) is 0. The van der Waals surface area contributed by atoms with Gasteiger partial charge in [-0.3, -0.25) is 0 Å². The van der Waals surface area contributed by atoms with Gasteiger partial charge < -0.3 is 4.90 Å². The summed E-state index contributed by atoms with van der Waals surface area (Å²) >= 11 is 0. The van der Waals surface area contributed by atoms with Crippen molar-refractivity contribution in [3.05, 3.63) is 60.7 Å². The highest BCUT2D eigenvalue weighted by Gasteiger charge is 2.13. The molecule has 118 valence electrons. The van der Waals surface area contributed by atoms with Crippen LogP contribution in [-0.2, 0) is 0 Å². The van der Waals surface area contributed by atoms with Crippen molar-refractivity contribution in [1.82, 2.24) is 15.0 Å². The van der Waals surface area contributed by atoms with Crippen LogP contribution in [0.2, 0.25) is 0 Å². The number of aromatic nitrogens is 3. The molecule has 0 amide bonds. The summed E-state index contributed by atoms with van der Waals surface area (Å²) in [7, 11) is 2.07. The Labute approximate surface area is 137 Å².